The first-order chi connectivity index (χ1) is 7.07. The number of aliphatic hydroxyl groups excluding tert-OH is 1. The molecule has 1 fully saturated rings. The molecule has 88 valence electrons. The van der Waals surface area contributed by atoms with Crippen molar-refractivity contribution in [3.8, 4) is 0 Å². The van der Waals surface area contributed by atoms with E-state index in [2.05, 4.69) is 6.58 Å². The number of hydrogen-bond acceptors (Lipinski definition) is 3. The highest BCUT2D eigenvalue weighted by atomic mass is 16.7. The molecular formula is C12H22O3. The van der Waals surface area contributed by atoms with Gasteiger partial charge in [0.2, 0.25) is 0 Å². The zero-order chi connectivity index (χ0) is 11.3. The Morgan fingerprint density at radius 2 is 2.07 bits per heavy atom. The second-order valence-electron chi connectivity index (χ2n) is 4.44. The summed E-state index contributed by atoms with van der Waals surface area (Å²) in [6, 6.07) is 0. The van der Waals surface area contributed by atoms with Crippen LogP contribution in [0.15, 0.2) is 12.7 Å². The van der Waals surface area contributed by atoms with Gasteiger partial charge in [-0.1, -0.05) is 13.0 Å². The van der Waals surface area contributed by atoms with Crippen LogP contribution in [0.5, 0.6) is 0 Å². The van der Waals surface area contributed by atoms with Gasteiger partial charge in [0.25, 0.3) is 0 Å². The molecule has 0 spiro atoms. The van der Waals surface area contributed by atoms with E-state index in [9.17, 15) is 5.11 Å². The van der Waals surface area contributed by atoms with Crippen LogP contribution in [0.4, 0.5) is 0 Å². The van der Waals surface area contributed by atoms with Gasteiger partial charge in [0.05, 0.1) is 19.3 Å². The van der Waals surface area contributed by atoms with Crippen LogP contribution in [0.1, 0.15) is 33.1 Å². The smallest absolute Gasteiger partial charge is 0.165 e. The monoisotopic (exact) mass is 214 g/mol. The van der Waals surface area contributed by atoms with Gasteiger partial charge in [-0.2, -0.15) is 0 Å². The minimum Gasteiger partial charge on any atom is -0.393 e. The van der Waals surface area contributed by atoms with Gasteiger partial charge in [-0.05, 0) is 25.7 Å². The highest BCUT2D eigenvalue weighted by Gasteiger charge is 2.31. The first-order valence-corrected chi connectivity index (χ1v) is 5.64. The summed E-state index contributed by atoms with van der Waals surface area (Å²) >= 11 is 0. The predicted molar refractivity (Wildman–Crippen MR) is 59.5 cm³/mol. The highest BCUT2D eigenvalue weighted by molar-refractivity contribution is 4.78. The molecule has 0 amide bonds. The fourth-order valence-electron chi connectivity index (χ4n) is 1.79. The molecule has 0 bridgehead atoms. The first kappa shape index (κ1) is 12.7. The fourth-order valence-corrected chi connectivity index (χ4v) is 1.79. The summed E-state index contributed by atoms with van der Waals surface area (Å²) in [4.78, 5) is 0. The molecule has 1 N–H and O–H groups in total. The third kappa shape index (κ3) is 3.93. The third-order valence-corrected chi connectivity index (χ3v) is 3.02. The van der Waals surface area contributed by atoms with Crippen LogP contribution < -0.4 is 0 Å². The van der Waals surface area contributed by atoms with E-state index in [-0.39, 0.29) is 12.0 Å². The molecule has 0 aromatic heterocycles. The van der Waals surface area contributed by atoms with Crippen molar-refractivity contribution in [3.63, 3.8) is 0 Å². The Morgan fingerprint density at radius 1 is 1.47 bits per heavy atom. The normalized spacial score (nSPS) is 23.7. The topological polar surface area (TPSA) is 38.7 Å². The molecule has 1 heterocycles. The van der Waals surface area contributed by atoms with E-state index in [4.69, 9.17) is 9.47 Å². The molecular weight excluding hydrogens is 192 g/mol. The van der Waals surface area contributed by atoms with Gasteiger partial charge < -0.3 is 14.6 Å². The van der Waals surface area contributed by atoms with Crippen molar-refractivity contribution in [2.75, 3.05) is 13.2 Å². The summed E-state index contributed by atoms with van der Waals surface area (Å²) in [6.07, 6.45) is 3.85. The van der Waals surface area contributed by atoms with Gasteiger partial charge >= 0.3 is 0 Å². The molecule has 0 radical (unpaired) electrons. The Balaban J connectivity index is 2.26. The Labute approximate surface area is 92.1 Å². The maximum Gasteiger partial charge on any atom is 0.165 e. The molecule has 0 aromatic carbocycles. The van der Waals surface area contributed by atoms with Gasteiger partial charge in [0.1, 0.15) is 0 Å². The lowest BCUT2D eigenvalue weighted by Crippen LogP contribution is -2.28. The van der Waals surface area contributed by atoms with Gasteiger partial charge in [-0.15, -0.1) is 6.58 Å². The molecule has 1 aliphatic rings. The van der Waals surface area contributed by atoms with Crippen molar-refractivity contribution in [3.05, 3.63) is 12.7 Å². The van der Waals surface area contributed by atoms with E-state index in [1.807, 2.05) is 13.8 Å². The van der Waals surface area contributed by atoms with Crippen molar-refractivity contribution in [2.24, 2.45) is 5.92 Å². The quantitative estimate of drug-likeness (QED) is 0.688. The fraction of sp³-hybridized carbons (Fsp3) is 0.833. The van der Waals surface area contributed by atoms with Crippen LogP contribution in [-0.2, 0) is 9.47 Å². The van der Waals surface area contributed by atoms with Crippen LogP contribution >= 0.6 is 0 Å². The lowest BCUT2D eigenvalue weighted by atomic mass is 9.94. The van der Waals surface area contributed by atoms with Crippen LogP contribution in [0.3, 0.4) is 0 Å². The molecule has 1 rings (SSSR count). The minimum absolute atomic E-state index is 0.257. The number of aliphatic hydroxyl groups is 1. The van der Waals surface area contributed by atoms with Crippen LogP contribution in [0.25, 0.3) is 0 Å². The second kappa shape index (κ2) is 5.64. The maximum absolute atomic E-state index is 9.72. The summed E-state index contributed by atoms with van der Waals surface area (Å²) in [5, 5.41) is 9.72. The SMILES string of the molecule is C=CC[C@H](O)[C@@H](C)CCC1(C)OCCO1. The average molecular weight is 214 g/mol. The average Bonchev–Trinajstić information content (AvgIpc) is 2.63. The van der Waals surface area contributed by atoms with Crippen molar-refractivity contribution >= 4 is 0 Å². The Kier molecular flexibility index (Phi) is 4.77. The zero-order valence-electron chi connectivity index (χ0n) is 9.74. The molecule has 3 heteroatoms. The van der Waals surface area contributed by atoms with Crippen molar-refractivity contribution < 1.29 is 14.6 Å². The first-order valence-electron chi connectivity index (χ1n) is 5.64. The Bertz CT molecular complexity index is 197. The zero-order valence-corrected chi connectivity index (χ0v) is 9.74. The van der Waals surface area contributed by atoms with Gasteiger partial charge in [-0.3, -0.25) is 0 Å². The molecule has 0 aromatic rings. The molecule has 2 atom stereocenters. The van der Waals surface area contributed by atoms with Crippen molar-refractivity contribution in [1.82, 2.24) is 0 Å². The molecule has 0 saturated carbocycles. The molecule has 0 aliphatic carbocycles. The van der Waals surface area contributed by atoms with Gasteiger partial charge in [-0.25, -0.2) is 0 Å². The van der Waals surface area contributed by atoms with Crippen LogP contribution in [0.2, 0.25) is 0 Å². The standard InChI is InChI=1S/C12H22O3/c1-4-5-11(13)10(2)6-7-12(3)14-8-9-15-12/h4,10-11,13H,1,5-9H2,2-3H3/t10-,11-/m0/s1. The largest absolute Gasteiger partial charge is 0.393 e. The second-order valence-corrected chi connectivity index (χ2v) is 4.44. The van der Waals surface area contributed by atoms with E-state index >= 15 is 0 Å². The highest BCUT2D eigenvalue weighted by Crippen LogP contribution is 2.27. The van der Waals surface area contributed by atoms with Crippen molar-refractivity contribution in [2.45, 2.75) is 45.0 Å². The number of rotatable bonds is 6. The van der Waals surface area contributed by atoms with E-state index in [1.54, 1.807) is 6.08 Å². The molecule has 1 aliphatic heterocycles. The van der Waals surface area contributed by atoms with E-state index in [0.717, 1.165) is 12.8 Å². The molecule has 3 nitrogen and oxygen atoms in total. The van der Waals surface area contributed by atoms with Crippen LogP contribution in [-0.4, -0.2) is 30.2 Å². The number of hydrogen-bond donors (Lipinski definition) is 1. The maximum atomic E-state index is 9.72. The molecule has 1 saturated heterocycles. The third-order valence-electron chi connectivity index (χ3n) is 3.02. The Hall–Kier alpha value is -0.380. The summed E-state index contributed by atoms with van der Waals surface area (Å²) in [5.41, 5.74) is 0. The Morgan fingerprint density at radius 3 is 2.60 bits per heavy atom. The van der Waals surface area contributed by atoms with Gasteiger partial charge in [0.15, 0.2) is 5.79 Å². The lowest BCUT2D eigenvalue weighted by molar-refractivity contribution is -0.150. The van der Waals surface area contributed by atoms with E-state index < -0.39 is 5.79 Å². The summed E-state index contributed by atoms with van der Waals surface area (Å²) < 4.78 is 11.0. The molecule has 0 unspecified atom stereocenters. The predicted octanol–water partition coefficient (Wildman–Crippen LogP) is 2.10. The summed E-state index contributed by atoms with van der Waals surface area (Å²) in [7, 11) is 0. The lowest BCUT2D eigenvalue weighted by Gasteiger charge is -2.25. The summed E-state index contributed by atoms with van der Waals surface area (Å²) in [5.74, 6) is -0.171. The van der Waals surface area contributed by atoms with E-state index in [0.29, 0.717) is 19.6 Å². The summed E-state index contributed by atoms with van der Waals surface area (Å²) in [6.45, 7) is 9.00. The van der Waals surface area contributed by atoms with E-state index in [1.165, 1.54) is 0 Å². The minimum atomic E-state index is -0.428. The van der Waals surface area contributed by atoms with Gasteiger partial charge in [0, 0.05) is 6.42 Å². The van der Waals surface area contributed by atoms with Crippen molar-refractivity contribution in [1.29, 1.82) is 0 Å². The number of ether oxygens (including phenoxy) is 2. The van der Waals surface area contributed by atoms with Crippen LogP contribution in [0, 0.1) is 5.92 Å². The molecule has 15 heavy (non-hydrogen) atoms.